The third kappa shape index (κ3) is 2.52. The maximum absolute atomic E-state index is 9.66. The van der Waals surface area contributed by atoms with Crippen LogP contribution < -0.4 is 9.47 Å². The van der Waals surface area contributed by atoms with Crippen LogP contribution in [0.2, 0.25) is 0 Å². The van der Waals surface area contributed by atoms with E-state index in [9.17, 15) is 5.11 Å². The second kappa shape index (κ2) is 5.40. The summed E-state index contributed by atoms with van der Waals surface area (Å²) in [6, 6.07) is 12.9. The van der Waals surface area contributed by atoms with Crippen LogP contribution in [0.25, 0.3) is 10.9 Å². The Bertz CT molecular complexity index is 777. The molecule has 0 bridgehead atoms. The van der Waals surface area contributed by atoms with Gasteiger partial charge in [-0.2, -0.15) is 0 Å². The lowest BCUT2D eigenvalue weighted by molar-refractivity contribution is 0.285. The molecule has 0 fully saturated rings. The highest BCUT2D eigenvalue weighted by Crippen LogP contribution is 2.29. The third-order valence-corrected chi connectivity index (χ3v) is 3.51. The number of benzene rings is 2. The highest BCUT2D eigenvalue weighted by Gasteiger charge is 2.09. The Morgan fingerprint density at radius 1 is 1.10 bits per heavy atom. The average Bonchev–Trinajstić information content (AvgIpc) is 2.81. The number of phenols is 1. The van der Waals surface area contributed by atoms with Crippen LogP contribution in [0.1, 0.15) is 5.56 Å². The van der Waals surface area contributed by atoms with Gasteiger partial charge in [-0.1, -0.05) is 12.1 Å². The summed E-state index contributed by atoms with van der Waals surface area (Å²) in [5.74, 6) is 1.67. The summed E-state index contributed by atoms with van der Waals surface area (Å²) >= 11 is 0. The van der Waals surface area contributed by atoms with Crippen molar-refractivity contribution in [2.75, 3.05) is 7.11 Å². The molecule has 1 aromatic heterocycles. The largest absolute Gasteiger partial charge is 0.508 e. The van der Waals surface area contributed by atoms with Crippen LogP contribution in [-0.2, 0) is 13.7 Å². The molecule has 0 amide bonds. The van der Waals surface area contributed by atoms with Gasteiger partial charge in [0, 0.05) is 29.7 Å². The first kappa shape index (κ1) is 13.4. The van der Waals surface area contributed by atoms with E-state index in [0.29, 0.717) is 18.1 Å². The molecule has 3 rings (SSSR count). The summed E-state index contributed by atoms with van der Waals surface area (Å²) < 4.78 is 13.2. The van der Waals surface area contributed by atoms with Crippen LogP contribution in [-0.4, -0.2) is 16.8 Å². The molecule has 1 N–H and O–H groups in total. The van der Waals surface area contributed by atoms with Crippen molar-refractivity contribution in [3.8, 4) is 17.2 Å². The van der Waals surface area contributed by atoms with Gasteiger partial charge in [-0.25, -0.2) is 0 Å². The van der Waals surface area contributed by atoms with E-state index in [2.05, 4.69) is 0 Å². The highest BCUT2D eigenvalue weighted by molar-refractivity contribution is 5.85. The lowest BCUT2D eigenvalue weighted by Crippen LogP contribution is -1.97. The van der Waals surface area contributed by atoms with Crippen molar-refractivity contribution in [1.82, 2.24) is 4.57 Å². The Balaban J connectivity index is 1.90. The summed E-state index contributed by atoms with van der Waals surface area (Å²) in [6.07, 6.45) is 2.01. The number of fused-ring (bicyclic) bond motifs is 1. The monoisotopic (exact) mass is 283 g/mol. The standard InChI is InChI=1S/C17H17NO3/c1-18-10-12(14-9-13(19)7-8-15(14)18)11-21-17-6-4-3-5-16(17)20-2/h3-10,19H,11H2,1-2H3. The smallest absolute Gasteiger partial charge is 0.161 e. The van der Waals surface area contributed by atoms with Crippen molar-refractivity contribution in [3.05, 3.63) is 54.2 Å². The minimum Gasteiger partial charge on any atom is -0.508 e. The number of aromatic nitrogens is 1. The Morgan fingerprint density at radius 3 is 2.62 bits per heavy atom. The summed E-state index contributed by atoms with van der Waals surface area (Å²) in [5, 5.41) is 10.7. The van der Waals surface area contributed by atoms with Gasteiger partial charge in [0.1, 0.15) is 12.4 Å². The number of para-hydroxylation sites is 2. The van der Waals surface area contributed by atoms with Crippen molar-refractivity contribution in [3.63, 3.8) is 0 Å². The molecule has 0 aliphatic rings. The Morgan fingerprint density at radius 2 is 1.86 bits per heavy atom. The Kier molecular flexibility index (Phi) is 3.44. The number of hydrogen-bond acceptors (Lipinski definition) is 3. The molecule has 0 aliphatic heterocycles. The molecule has 4 nitrogen and oxygen atoms in total. The summed E-state index contributed by atoms with van der Waals surface area (Å²) in [5.41, 5.74) is 2.08. The molecule has 0 aliphatic carbocycles. The number of aryl methyl sites for hydroxylation is 1. The molecule has 0 spiro atoms. The number of methoxy groups -OCH3 is 1. The average molecular weight is 283 g/mol. The molecular formula is C17H17NO3. The molecule has 0 saturated carbocycles. The predicted molar refractivity (Wildman–Crippen MR) is 81.9 cm³/mol. The molecule has 0 radical (unpaired) electrons. The van der Waals surface area contributed by atoms with Crippen LogP contribution >= 0.6 is 0 Å². The number of phenolic OH excluding ortho intramolecular Hbond substituents is 1. The van der Waals surface area contributed by atoms with Gasteiger partial charge in [-0.3, -0.25) is 0 Å². The van der Waals surface area contributed by atoms with Crippen LogP contribution in [0.3, 0.4) is 0 Å². The zero-order valence-corrected chi connectivity index (χ0v) is 12.0. The molecule has 108 valence electrons. The topological polar surface area (TPSA) is 43.6 Å². The Labute approximate surface area is 123 Å². The summed E-state index contributed by atoms with van der Waals surface area (Å²) in [6.45, 7) is 0.418. The lowest BCUT2D eigenvalue weighted by atomic mass is 10.2. The minimum atomic E-state index is 0.257. The van der Waals surface area contributed by atoms with Crippen LogP contribution in [0.15, 0.2) is 48.7 Å². The molecule has 0 saturated heterocycles. The maximum Gasteiger partial charge on any atom is 0.161 e. The molecule has 0 unspecified atom stereocenters. The van der Waals surface area contributed by atoms with Crippen molar-refractivity contribution >= 4 is 10.9 Å². The van der Waals surface area contributed by atoms with Gasteiger partial charge >= 0.3 is 0 Å². The normalized spacial score (nSPS) is 10.8. The quantitative estimate of drug-likeness (QED) is 0.797. The Hall–Kier alpha value is -2.62. The molecule has 0 atom stereocenters. The fourth-order valence-corrected chi connectivity index (χ4v) is 2.47. The number of ether oxygens (including phenoxy) is 2. The number of nitrogens with zero attached hydrogens (tertiary/aromatic N) is 1. The van der Waals surface area contributed by atoms with Gasteiger partial charge in [-0.05, 0) is 30.3 Å². The van der Waals surface area contributed by atoms with Gasteiger partial charge in [-0.15, -0.1) is 0 Å². The van der Waals surface area contributed by atoms with Crippen molar-refractivity contribution < 1.29 is 14.6 Å². The van der Waals surface area contributed by atoms with Crippen LogP contribution in [0.4, 0.5) is 0 Å². The molecule has 4 heteroatoms. The third-order valence-electron chi connectivity index (χ3n) is 3.51. The fraction of sp³-hybridized carbons (Fsp3) is 0.176. The first-order valence-corrected chi connectivity index (χ1v) is 6.72. The first-order valence-electron chi connectivity index (χ1n) is 6.72. The van der Waals surface area contributed by atoms with Gasteiger partial charge in [0.05, 0.1) is 7.11 Å². The summed E-state index contributed by atoms with van der Waals surface area (Å²) in [7, 11) is 3.60. The van der Waals surface area contributed by atoms with E-state index < -0.39 is 0 Å². The van der Waals surface area contributed by atoms with E-state index in [1.807, 2.05) is 48.1 Å². The van der Waals surface area contributed by atoms with Crippen molar-refractivity contribution in [2.45, 2.75) is 6.61 Å². The fourth-order valence-electron chi connectivity index (χ4n) is 2.47. The zero-order valence-electron chi connectivity index (χ0n) is 12.0. The van der Waals surface area contributed by atoms with Crippen LogP contribution in [0, 0.1) is 0 Å². The first-order chi connectivity index (χ1) is 10.2. The van der Waals surface area contributed by atoms with Gasteiger partial charge < -0.3 is 19.1 Å². The van der Waals surface area contributed by atoms with E-state index >= 15 is 0 Å². The van der Waals surface area contributed by atoms with E-state index in [1.54, 1.807) is 19.2 Å². The lowest BCUT2D eigenvalue weighted by Gasteiger charge is -2.09. The number of aromatic hydroxyl groups is 1. The van der Waals surface area contributed by atoms with Crippen molar-refractivity contribution in [1.29, 1.82) is 0 Å². The molecule has 2 aromatic carbocycles. The van der Waals surface area contributed by atoms with E-state index in [-0.39, 0.29) is 5.75 Å². The SMILES string of the molecule is COc1ccccc1OCc1cn(C)c2ccc(O)cc12. The van der Waals surface area contributed by atoms with Gasteiger partial charge in [0.15, 0.2) is 11.5 Å². The number of hydrogen-bond donors (Lipinski definition) is 1. The second-order valence-corrected chi connectivity index (χ2v) is 4.91. The molecule has 1 heterocycles. The predicted octanol–water partition coefficient (Wildman–Crippen LogP) is 3.47. The minimum absolute atomic E-state index is 0.257. The highest BCUT2D eigenvalue weighted by atomic mass is 16.5. The molecule has 3 aromatic rings. The zero-order chi connectivity index (χ0) is 14.8. The maximum atomic E-state index is 9.66. The van der Waals surface area contributed by atoms with Crippen molar-refractivity contribution in [2.24, 2.45) is 7.05 Å². The second-order valence-electron chi connectivity index (χ2n) is 4.91. The van der Waals surface area contributed by atoms with Crippen LogP contribution in [0.5, 0.6) is 17.2 Å². The molecule has 21 heavy (non-hydrogen) atoms. The molecular weight excluding hydrogens is 266 g/mol. The van der Waals surface area contributed by atoms with E-state index in [4.69, 9.17) is 9.47 Å². The van der Waals surface area contributed by atoms with Gasteiger partial charge in [0.25, 0.3) is 0 Å². The van der Waals surface area contributed by atoms with Gasteiger partial charge in [0.2, 0.25) is 0 Å². The van der Waals surface area contributed by atoms with E-state index in [0.717, 1.165) is 16.5 Å². The number of rotatable bonds is 4. The van der Waals surface area contributed by atoms with E-state index in [1.165, 1.54) is 0 Å². The summed E-state index contributed by atoms with van der Waals surface area (Å²) in [4.78, 5) is 0.